The van der Waals surface area contributed by atoms with E-state index in [9.17, 15) is 4.79 Å². The van der Waals surface area contributed by atoms with Gasteiger partial charge >= 0.3 is 5.97 Å². The molecule has 1 fully saturated rings. The zero-order valence-electron chi connectivity index (χ0n) is 11.6. The van der Waals surface area contributed by atoms with Gasteiger partial charge in [-0.25, -0.2) is 0 Å². The summed E-state index contributed by atoms with van der Waals surface area (Å²) in [5.74, 6) is 1.24. The first-order valence-corrected chi connectivity index (χ1v) is 6.81. The summed E-state index contributed by atoms with van der Waals surface area (Å²) in [6.45, 7) is 8.54. The zero-order valence-corrected chi connectivity index (χ0v) is 11.6. The van der Waals surface area contributed by atoms with E-state index in [1.807, 2.05) is 19.1 Å². The molecule has 19 heavy (non-hydrogen) atoms. The van der Waals surface area contributed by atoms with Gasteiger partial charge in [0.2, 0.25) is 0 Å². The van der Waals surface area contributed by atoms with Crippen LogP contribution in [0.1, 0.15) is 30.9 Å². The second kappa shape index (κ2) is 6.21. The fourth-order valence-corrected chi connectivity index (χ4v) is 2.49. The van der Waals surface area contributed by atoms with Crippen LogP contribution in [0.25, 0.3) is 0 Å². The third kappa shape index (κ3) is 3.81. The largest absolute Gasteiger partial charge is 0.481 e. The molecule has 0 spiro atoms. The van der Waals surface area contributed by atoms with Crippen molar-refractivity contribution in [2.75, 3.05) is 32.7 Å². The van der Waals surface area contributed by atoms with Crippen LogP contribution in [-0.2, 0) is 4.79 Å². The number of piperazine rings is 1. The highest BCUT2D eigenvalue weighted by molar-refractivity contribution is 5.66. The molecule has 1 aromatic rings. The van der Waals surface area contributed by atoms with Gasteiger partial charge in [-0.1, -0.05) is 0 Å². The molecule has 0 aromatic carbocycles. The summed E-state index contributed by atoms with van der Waals surface area (Å²) in [5.41, 5.74) is 0. The summed E-state index contributed by atoms with van der Waals surface area (Å²) in [5, 5.41) is 8.69. The predicted octanol–water partition coefficient (Wildman–Crippen LogP) is 1.74. The number of aryl methyl sites for hydroxylation is 1. The SMILES string of the molecule is Cc1ccc(C(C)N2CCN(CCC(=O)O)CC2)o1. The van der Waals surface area contributed by atoms with Crippen molar-refractivity contribution in [1.29, 1.82) is 0 Å². The lowest BCUT2D eigenvalue weighted by Gasteiger charge is -2.37. The Balaban J connectivity index is 1.81. The molecular weight excluding hydrogens is 244 g/mol. The minimum absolute atomic E-state index is 0.229. The van der Waals surface area contributed by atoms with Crippen molar-refractivity contribution >= 4 is 5.97 Å². The van der Waals surface area contributed by atoms with E-state index < -0.39 is 5.97 Å². The van der Waals surface area contributed by atoms with Gasteiger partial charge in [0, 0.05) is 32.7 Å². The van der Waals surface area contributed by atoms with Crippen molar-refractivity contribution in [2.45, 2.75) is 26.3 Å². The Kier molecular flexibility index (Phi) is 4.61. The van der Waals surface area contributed by atoms with Crippen molar-refractivity contribution in [1.82, 2.24) is 9.80 Å². The molecule has 1 atom stereocenters. The van der Waals surface area contributed by atoms with Gasteiger partial charge in [-0.3, -0.25) is 9.69 Å². The molecule has 0 amide bonds. The highest BCUT2D eigenvalue weighted by Gasteiger charge is 2.23. The van der Waals surface area contributed by atoms with Crippen molar-refractivity contribution < 1.29 is 14.3 Å². The number of carboxylic acids is 1. The van der Waals surface area contributed by atoms with E-state index in [2.05, 4.69) is 16.7 Å². The summed E-state index contributed by atoms with van der Waals surface area (Å²) >= 11 is 0. The number of hydrogen-bond donors (Lipinski definition) is 1. The van der Waals surface area contributed by atoms with E-state index in [0.29, 0.717) is 6.54 Å². The third-order valence-electron chi connectivity index (χ3n) is 3.77. The number of nitrogens with zero attached hydrogens (tertiary/aromatic N) is 2. The lowest BCUT2D eigenvalue weighted by atomic mass is 10.2. The fourth-order valence-electron chi connectivity index (χ4n) is 2.49. The first-order chi connectivity index (χ1) is 9.06. The highest BCUT2D eigenvalue weighted by Crippen LogP contribution is 2.23. The lowest BCUT2D eigenvalue weighted by Crippen LogP contribution is -2.47. The van der Waals surface area contributed by atoms with Gasteiger partial charge in [0.1, 0.15) is 11.5 Å². The Morgan fingerprint density at radius 2 is 2.05 bits per heavy atom. The van der Waals surface area contributed by atoms with Gasteiger partial charge in [-0.15, -0.1) is 0 Å². The molecule has 1 aliphatic heterocycles. The summed E-state index contributed by atoms with van der Waals surface area (Å²) in [7, 11) is 0. The molecule has 0 aliphatic carbocycles. The second-order valence-electron chi connectivity index (χ2n) is 5.15. The predicted molar refractivity (Wildman–Crippen MR) is 72.1 cm³/mol. The normalized spacial score (nSPS) is 19.5. The number of carboxylic acid groups (broad SMARTS) is 1. The number of rotatable bonds is 5. The van der Waals surface area contributed by atoms with Crippen molar-refractivity contribution in [2.24, 2.45) is 0 Å². The minimum atomic E-state index is -0.721. The molecule has 1 aromatic heterocycles. The average molecular weight is 266 g/mol. The molecule has 0 saturated carbocycles. The maximum atomic E-state index is 10.6. The van der Waals surface area contributed by atoms with Crippen LogP contribution in [0.4, 0.5) is 0 Å². The molecule has 1 unspecified atom stereocenters. The topological polar surface area (TPSA) is 56.9 Å². The van der Waals surface area contributed by atoms with Crippen molar-refractivity contribution in [3.63, 3.8) is 0 Å². The van der Waals surface area contributed by atoms with E-state index in [1.54, 1.807) is 0 Å². The van der Waals surface area contributed by atoms with Crippen LogP contribution in [0.2, 0.25) is 0 Å². The molecule has 0 bridgehead atoms. The molecular formula is C14H22N2O3. The Hall–Kier alpha value is -1.33. The quantitative estimate of drug-likeness (QED) is 0.879. The van der Waals surface area contributed by atoms with E-state index in [-0.39, 0.29) is 12.5 Å². The van der Waals surface area contributed by atoms with Crippen LogP contribution in [0, 0.1) is 6.92 Å². The van der Waals surface area contributed by atoms with Crippen LogP contribution >= 0.6 is 0 Å². The maximum Gasteiger partial charge on any atom is 0.304 e. The molecule has 1 aliphatic rings. The molecule has 0 radical (unpaired) electrons. The van der Waals surface area contributed by atoms with Crippen LogP contribution in [0.5, 0.6) is 0 Å². The van der Waals surface area contributed by atoms with E-state index in [0.717, 1.165) is 37.7 Å². The van der Waals surface area contributed by atoms with Gasteiger partial charge in [-0.05, 0) is 26.0 Å². The Bertz CT molecular complexity index is 422. The van der Waals surface area contributed by atoms with Gasteiger partial charge in [0.25, 0.3) is 0 Å². The highest BCUT2D eigenvalue weighted by atomic mass is 16.4. The van der Waals surface area contributed by atoms with Crippen LogP contribution in [0.15, 0.2) is 16.5 Å². The van der Waals surface area contributed by atoms with Crippen molar-refractivity contribution in [3.8, 4) is 0 Å². The first kappa shape index (κ1) is 14.1. The first-order valence-electron chi connectivity index (χ1n) is 6.81. The number of carbonyl (C=O) groups is 1. The van der Waals surface area contributed by atoms with E-state index in [4.69, 9.17) is 9.52 Å². The van der Waals surface area contributed by atoms with E-state index >= 15 is 0 Å². The Morgan fingerprint density at radius 3 is 2.58 bits per heavy atom. The van der Waals surface area contributed by atoms with Crippen LogP contribution in [-0.4, -0.2) is 53.6 Å². The molecule has 2 rings (SSSR count). The monoisotopic (exact) mass is 266 g/mol. The minimum Gasteiger partial charge on any atom is -0.481 e. The molecule has 1 saturated heterocycles. The van der Waals surface area contributed by atoms with Gasteiger partial charge in [0.15, 0.2) is 0 Å². The standard InChI is InChI=1S/C14H22N2O3/c1-11-3-4-13(19-11)12(2)16-9-7-15(8-10-16)6-5-14(17)18/h3-4,12H,5-10H2,1-2H3,(H,17,18). The summed E-state index contributed by atoms with van der Waals surface area (Å²) in [4.78, 5) is 15.1. The Labute approximate surface area is 113 Å². The second-order valence-corrected chi connectivity index (χ2v) is 5.15. The summed E-state index contributed by atoms with van der Waals surface area (Å²) < 4.78 is 5.67. The van der Waals surface area contributed by atoms with Gasteiger partial charge < -0.3 is 14.4 Å². The Morgan fingerprint density at radius 1 is 1.37 bits per heavy atom. The average Bonchev–Trinajstić information content (AvgIpc) is 2.83. The van der Waals surface area contributed by atoms with Crippen LogP contribution < -0.4 is 0 Å². The summed E-state index contributed by atoms with van der Waals surface area (Å²) in [6, 6.07) is 4.32. The van der Waals surface area contributed by atoms with Crippen LogP contribution in [0.3, 0.4) is 0 Å². The number of furan rings is 1. The lowest BCUT2D eigenvalue weighted by molar-refractivity contribution is -0.137. The number of hydrogen-bond acceptors (Lipinski definition) is 4. The van der Waals surface area contributed by atoms with E-state index in [1.165, 1.54) is 0 Å². The molecule has 1 N–H and O–H groups in total. The smallest absolute Gasteiger partial charge is 0.304 e. The fraction of sp³-hybridized carbons (Fsp3) is 0.643. The van der Waals surface area contributed by atoms with Gasteiger partial charge in [-0.2, -0.15) is 0 Å². The number of aliphatic carboxylic acids is 1. The van der Waals surface area contributed by atoms with Gasteiger partial charge in [0.05, 0.1) is 12.5 Å². The summed E-state index contributed by atoms with van der Waals surface area (Å²) in [6.07, 6.45) is 0.229. The molecule has 5 nitrogen and oxygen atoms in total. The van der Waals surface area contributed by atoms with Crippen molar-refractivity contribution in [3.05, 3.63) is 23.7 Å². The molecule has 5 heteroatoms. The molecule has 106 valence electrons. The maximum absolute atomic E-state index is 10.6. The zero-order chi connectivity index (χ0) is 13.8. The molecule has 2 heterocycles. The third-order valence-corrected chi connectivity index (χ3v) is 3.77.